The molecule has 142 valence electrons. The van der Waals surface area contributed by atoms with Gasteiger partial charge in [-0.25, -0.2) is 14.5 Å². The van der Waals surface area contributed by atoms with Crippen LogP contribution in [-0.2, 0) is 0 Å². The molecule has 0 amide bonds. The monoisotopic (exact) mass is 364 g/mol. The van der Waals surface area contributed by atoms with Gasteiger partial charge in [0.15, 0.2) is 5.65 Å². The molecule has 6 heteroatoms. The standard InChI is InChI=1S/C21H28N6/c1-3-12-25(13-4-2)20-9-7-8-17(23-20)18-16-22-19-10-11-21(24-27(18)19)26-14-5-6-15-26/h7-11,16H,3-6,12-15H2,1-2H3. The van der Waals surface area contributed by atoms with E-state index in [4.69, 9.17) is 10.1 Å². The molecule has 4 heterocycles. The van der Waals surface area contributed by atoms with Gasteiger partial charge in [-0.2, -0.15) is 0 Å². The molecule has 0 atom stereocenters. The Morgan fingerprint density at radius 2 is 1.78 bits per heavy atom. The van der Waals surface area contributed by atoms with E-state index in [-0.39, 0.29) is 0 Å². The lowest BCUT2D eigenvalue weighted by Crippen LogP contribution is -2.25. The summed E-state index contributed by atoms with van der Waals surface area (Å²) in [6, 6.07) is 10.4. The minimum atomic E-state index is 0.860. The fourth-order valence-electron chi connectivity index (χ4n) is 3.78. The molecule has 0 bridgehead atoms. The number of hydrogen-bond donors (Lipinski definition) is 0. The Bertz CT molecular complexity index is 891. The van der Waals surface area contributed by atoms with Crippen molar-refractivity contribution >= 4 is 17.3 Å². The normalized spacial score (nSPS) is 14.2. The van der Waals surface area contributed by atoms with E-state index < -0.39 is 0 Å². The van der Waals surface area contributed by atoms with Gasteiger partial charge in [-0.1, -0.05) is 19.9 Å². The van der Waals surface area contributed by atoms with Crippen LogP contribution in [0.5, 0.6) is 0 Å². The first-order valence-corrected chi connectivity index (χ1v) is 10.1. The van der Waals surface area contributed by atoms with E-state index in [0.29, 0.717) is 0 Å². The quantitative estimate of drug-likeness (QED) is 0.634. The number of rotatable bonds is 7. The van der Waals surface area contributed by atoms with E-state index in [1.165, 1.54) is 12.8 Å². The van der Waals surface area contributed by atoms with Crippen molar-refractivity contribution in [2.24, 2.45) is 0 Å². The molecule has 1 aliphatic rings. The molecule has 6 nitrogen and oxygen atoms in total. The van der Waals surface area contributed by atoms with Gasteiger partial charge in [0.05, 0.1) is 11.9 Å². The molecule has 27 heavy (non-hydrogen) atoms. The number of fused-ring (bicyclic) bond motifs is 1. The van der Waals surface area contributed by atoms with Crippen LogP contribution in [0.2, 0.25) is 0 Å². The number of pyridine rings is 1. The number of nitrogens with zero attached hydrogens (tertiary/aromatic N) is 6. The molecule has 4 rings (SSSR count). The van der Waals surface area contributed by atoms with Gasteiger partial charge in [-0.05, 0) is 49.9 Å². The van der Waals surface area contributed by atoms with Crippen molar-refractivity contribution in [2.45, 2.75) is 39.5 Å². The predicted octanol–water partition coefficient (Wildman–Crippen LogP) is 4.02. The maximum Gasteiger partial charge on any atom is 0.154 e. The zero-order chi connectivity index (χ0) is 18.6. The molecule has 0 unspecified atom stereocenters. The predicted molar refractivity (Wildman–Crippen MR) is 110 cm³/mol. The molecule has 0 aromatic carbocycles. The molecule has 0 spiro atoms. The molecular formula is C21H28N6. The highest BCUT2D eigenvalue weighted by Gasteiger charge is 2.16. The zero-order valence-corrected chi connectivity index (χ0v) is 16.3. The van der Waals surface area contributed by atoms with Gasteiger partial charge in [-0.15, -0.1) is 5.10 Å². The average molecular weight is 364 g/mol. The molecule has 0 saturated carbocycles. The van der Waals surface area contributed by atoms with E-state index in [0.717, 1.165) is 67.7 Å². The SMILES string of the molecule is CCCN(CCC)c1cccc(-c2cnc3ccc(N4CCCC4)nn23)n1. The van der Waals surface area contributed by atoms with Gasteiger partial charge in [-0.3, -0.25) is 0 Å². The summed E-state index contributed by atoms with van der Waals surface area (Å²) >= 11 is 0. The van der Waals surface area contributed by atoms with Crippen LogP contribution in [0, 0.1) is 0 Å². The van der Waals surface area contributed by atoms with Gasteiger partial charge < -0.3 is 9.80 Å². The Labute approximate surface area is 160 Å². The van der Waals surface area contributed by atoms with Crippen LogP contribution in [0.15, 0.2) is 36.5 Å². The molecule has 0 aliphatic carbocycles. The van der Waals surface area contributed by atoms with Gasteiger partial charge >= 0.3 is 0 Å². The van der Waals surface area contributed by atoms with Crippen molar-refractivity contribution in [3.05, 3.63) is 36.5 Å². The number of aromatic nitrogens is 4. The van der Waals surface area contributed by atoms with Crippen molar-refractivity contribution in [3.8, 4) is 11.4 Å². The van der Waals surface area contributed by atoms with E-state index >= 15 is 0 Å². The summed E-state index contributed by atoms with van der Waals surface area (Å²) in [5.41, 5.74) is 2.73. The maximum atomic E-state index is 4.94. The van der Waals surface area contributed by atoms with Gasteiger partial charge in [0.1, 0.15) is 17.3 Å². The van der Waals surface area contributed by atoms with E-state index in [1.807, 2.05) is 16.8 Å². The summed E-state index contributed by atoms with van der Waals surface area (Å²) in [5, 5.41) is 4.87. The van der Waals surface area contributed by atoms with Crippen LogP contribution in [-0.4, -0.2) is 45.8 Å². The molecule has 3 aromatic heterocycles. The van der Waals surface area contributed by atoms with E-state index in [2.05, 4.69) is 52.9 Å². The Kier molecular flexibility index (Phi) is 5.23. The van der Waals surface area contributed by atoms with Gasteiger partial charge in [0.25, 0.3) is 0 Å². The first-order chi connectivity index (χ1) is 13.3. The minimum absolute atomic E-state index is 0.860. The van der Waals surface area contributed by atoms with Crippen molar-refractivity contribution in [3.63, 3.8) is 0 Å². The molecule has 1 aliphatic heterocycles. The minimum Gasteiger partial charge on any atom is -0.357 e. The lowest BCUT2D eigenvalue weighted by atomic mass is 10.2. The Hall–Kier alpha value is -2.63. The van der Waals surface area contributed by atoms with Crippen LogP contribution >= 0.6 is 0 Å². The third-order valence-corrected chi connectivity index (χ3v) is 5.09. The summed E-state index contributed by atoms with van der Waals surface area (Å²) < 4.78 is 1.93. The summed E-state index contributed by atoms with van der Waals surface area (Å²) in [5.74, 6) is 2.05. The van der Waals surface area contributed by atoms with Gasteiger partial charge in [0.2, 0.25) is 0 Å². The van der Waals surface area contributed by atoms with Crippen molar-refractivity contribution < 1.29 is 0 Å². The Morgan fingerprint density at radius 1 is 1.00 bits per heavy atom. The lowest BCUT2D eigenvalue weighted by Gasteiger charge is -2.23. The van der Waals surface area contributed by atoms with Crippen molar-refractivity contribution in [2.75, 3.05) is 36.0 Å². The smallest absolute Gasteiger partial charge is 0.154 e. The summed E-state index contributed by atoms with van der Waals surface area (Å²) in [4.78, 5) is 14.2. The highest BCUT2D eigenvalue weighted by atomic mass is 15.3. The Morgan fingerprint density at radius 3 is 2.52 bits per heavy atom. The van der Waals surface area contributed by atoms with Crippen molar-refractivity contribution in [1.29, 1.82) is 0 Å². The highest BCUT2D eigenvalue weighted by molar-refractivity contribution is 5.62. The highest BCUT2D eigenvalue weighted by Crippen LogP contribution is 2.24. The van der Waals surface area contributed by atoms with Crippen LogP contribution in [0.3, 0.4) is 0 Å². The molecule has 1 fully saturated rings. The fraction of sp³-hybridized carbons (Fsp3) is 0.476. The fourth-order valence-corrected chi connectivity index (χ4v) is 3.78. The average Bonchev–Trinajstić information content (AvgIpc) is 3.37. The van der Waals surface area contributed by atoms with Crippen molar-refractivity contribution in [1.82, 2.24) is 19.6 Å². The zero-order valence-electron chi connectivity index (χ0n) is 16.3. The second-order valence-corrected chi connectivity index (χ2v) is 7.17. The van der Waals surface area contributed by atoms with E-state index in [9.17, 15) is 0 Å². The number of hydrogen-bond acceptors (Lipinski definition) is 5. The van der Waals surface area contributed by atoms with Crippen LogP contribution < -0.4 is 9.80 Å². The Balaban J connectivity index is 1.71. The first-order valence-electron chi connectivity index (χ1n) is 10.1. The second-order valence-electron chi connectivity index (χ2n) is 7.17. The van der Waals surface area contributed by atoms with Crippen LogP contribution in [0.25, 0.3) is 17.0 Å². The first kappa shape index (κ1) is 17.8. The largest absolute Gasteiger partial charge is 0.357 e. The topological polar surface area (TPSA) is 49.6 Å². The number of imidazole rings is 1. The van der Waals surface area contributed by atoms with Gasteiger partial charge in [0, 0.05) is 26.2 Å². The maximum absolute atomic E-state index is 4.94. The summed E-state index contributed by atoms with van der Waals surface area (Å²) in [6.07, 6.45) is 6.59. The molecule has 0 radical (unpaired) electrons. The third-order valence-electron chi connectivity index (χ3n) is 5.09. The third kappa shape index (κ3) is 3.61. The molecule has 1 saturated heterocycles. The molecule has 0 N–H and O–H groups in total. The summed E-state index contributed by atoms with van der Waals surface area (Å²) in [7, 11) is 0. The second kappa shape index (κ2) is 7.94. The lowest BCUT2D eigenvalue weighted by molar-refractivity contribution is 0.734. The van der Waals surface area contributed by atoms with Crippen LogP contribution in [0.1, 0.15) is 39.5 Å². The molecular weight excluding hydrogens is 336 g/mol. The van der Waals surface area contributed by atoms with E-state index in [1.54, 1.807) is 0 Å². The van der Waals surface area contributed by atoms with Crippen LogP contribution in [0.4, 0.5) is 11.6 Å². The molecule has 3 aromatic rings. The number of anilines is 2. The summed E-state index contributed by atoms with van der Waals surface area (Å²) in [6.45, 7) is 8.63.